The van der Waals surface area contributed by atoms with E-state index in [1.807, 2.05) is 6.92 Å². The molecule has 0 fully saturated rings. The maximum absolute atomic E-state index is 12.4. The molecular weight excluding hydrogens is 272 g/mol. The van der Waals surface area contributed by atoms with E-state index in [9.17, 15) is 9.59 Å². The van der Waals surface area contributed by atoms with Crippen LogP contribution in [0.3, 0.4) is 0 Å². The molecule has 0 N–H and O–H groups in total. The van der Waals surface area contributed by atoms with E-state index in [0.717, 1.165) is 6.26 Å². The third kappa shape index (κ3) is 3.24. The van der Waals surface area contributed by atoms with Crippen LogP contribution in [0.15, 0.2) is 33.7 Å². The van der Waals surface area contributed by atoms with Gasteiger partial charge >= 0.3 is 5.97 Å². The summed E-state index contributed by atoms with van der Waals surface area (Å²) in [6.07, 6.45) is 1.13. The van der Waals surface area contributed by atoms with E-state index in [1.54, 1.807) is 39.0 Å². The first-order chi connectivity index (χ1) is 9.83. The first kappa shape index (κ1) is 15.1. The molecule has 0 spiro atoms. The minimum atomic E-state index is -0.694. The second-order valence-corrected chi connectivity index (χ2v) is 5.55. The summed E-state index contributed by atoms with van der Waals surface area (Å²) < 4.78 is 16.0. The van der Waals surface area contributed by atoms with Crippen molar-refractivity contribution in [3.05, 3.63) is 40.2 Å². The van der Waals surface area contributed by atoms with Gasteiger partial charge in [0.05, 0.1) is 12.0 Å². The Balaban J connectivity index is 2.53. The van der Waals surface area contributed by atoms with E-state index in [0.29, 0.717) is 23.3 Å². The second-order valence-electron chi connectivity index (χ2n) is 5.55. The third-order valence-electron chi connectivity index (χ3n) is 2.68. The lowest BCUT2D eigenvalue weighted by Crippen LogP contribution is -2.27. The molecule has 0 atom stereocenters. The number of ether oxygens (including phenoxy) is 2. The highest BCUT2D eigenvalue weighted by molar-refractivity contribution is 5.94. The Labute approximate surface area is 122 Å². The molecule has 0 saturated carbocycles. The third-order valence-corrected chi connectivity index (χ3v) is 2.68. The highest BCUT2D eigenvalue weighted by Crippen LogP contribution is 2.24. The van der Waals surface area contributed by atoms with Crippen molar-refractivity contribution in [1.29, 1.82) is 0 Å². The number of para-hydroxylation sites is 1. The van der Waals surface area contributed by atoms with Crippen LogP contribution in [0, 0.1) is 0 Å². The average molecular weight is 290 g/mol. The number of hydrogen-bond donors (Lipinski definition) is 0. The van der Waals surface area contributed by atoms with Crippen LogP contribution < -0.4 is 10.2 Å². The summed E-state index contributed by atoms with van der Waals surface area (Å²) in [5.41, 5.74) is -0.888. The van der Waals surface area contributed by atoms with Gasteiger partial charge in [-0.3, -0.25) is 4.79 Å². The maximum Gasteiger partial charge on any atom is 0.345 e. The standard InChI is InChI=1S/C16H18O5/c1-5-19-12-8-6-7-10-13(17)11(9-20-14(10)12)15(18)21-16(2,3)4/h6-9H,5H2,1-4H3. The molecule has 112 valence electrons. The summed E-state index contributed by atoms with van der Waals surface area (Å²) in [5.74, 6) is -0.220. The zero-order valence-corrected chi connectivity index (χ0v) is 12.6. The van der Waals surface area contributed by atoms with Gasteiger partial charge in [0.1, 0.15) is 17.4 Å². The molecule has 0 aliphatic rings. The Morgan fingerprint density at radius 3 is 2.62 bits per heavy atom. The minimum absolute atomic E-state index is 0.119. The molecular formula is C16H18O5. The molecule has 1 aromatic heterocycles. The van der Waals surface area contributed by atoms with Crippen molar-refractivity contribution in [3.63, 3.8) is 0 Å². The molecule has 2 rings (SSSR count). The number of fused-ring (bicyclic) bond motifs is 1. The minimum Gasteiger partial charge on any atom is -0.490 e. The van der Waals surface area contributed by atoms with Crippen molar-refractivity contribution in [2.24, 2.45) is 0 Å². The fourth-order valence-corrected chi connectivity index (χ4v) is 1.88. The predicted molar refractivity (Wildman–Crippen MR) is 78.8 cm³/mol. The molecule has 0 aliphatic carbocycles. The molecule has 0 aliphatic heterocycles. The number of rotatable bonds is 3. The highest BCUT2D eigenvalue weighted by atomic mass is 16.6. The van der Waals surface area contributed by atoms with Gasteiger partial charge in [0.25, 0.3) is 0 Å². The van der Waals surface area contributed by atoms with Crippen LogP contribution in [0.1, 0.15) is 38.1 Å². The van der Waals surface area contributed by atoms with E-state index in [-0.39, 0.29) is 5.56 Å². The van der Waals surface area contributed by atoms with Gasteiger partial charge in [0, 0.05) is 0 Å². The van der Waals surface area contributed by atoms with E-state index < -0.39 is 17.0 Å². The molecule has 0 bridgehead atoms. The van der Waals surface area contributed by atoms with Gasteiger partial charge in [-0.1, -0.05) is 6.07 Å². The number of esters is 1. The monoisotopic (exact) mass is 290 g/mol. The summed E-state index contributed by atoms with van der Waals surface area (Å²) in [6.45, 7) is 7.50. The van der Waals surface area contributed by atoms with Crippen molar-refractivity contribution in [1.82, 2.24) is 0 Å². The van der Waals surface area contributed by atoms with E-state index in [2.05, 4.69) is 0 Å². The normalized spacial score (nSPS) is 11.4. The molecule has 1 heterocycles. The lowest BCUT2D eigenvalue weighted by Gasteiger charge is -2.19. The molecule has 0 amide bonds. The van der Waals surface area contributed by atoms with Crippen LogP contribution in [0.2, 0.25) is 0 Å². The molecule has 2 aromatic rings. The predicted octanol–water partition coefficient (Wildman–Crippen LogP) is 3.15. The fraction of sp³-hybridized carbons (Fsp3) is 0.375. The van der Waals surface area contributed by atoms with Crippen molar-refractivity contribution in [2.45, 2.75) is 33.3 Å². The van der Waals surface area contributed by atoms with Gasteiger partial charge < -0.3 is 13.9 Å². The Bertz CT molecular complexity index is 722. The number of benzene rings is 1. The molecule has 21 heavy (non-hydrogen) atoms. The average Bonchev–Trinajstić information content (AvgIpc) is 2.38. The molecule has 0 unspecified atom stereocenters. The van der Waals surface area contributed by atoms with Gasteiger partial charge in [-0.05, 0) is 39.8 Å². The number of carbonyl (C=O) groups is 1. The smallest absolute Gasteiger partial charge is 0.345 e. The first-order valence-corrected chi connectivity index (χ1v) is 6.74. The number of hydrogen-bond acceptors (Lipinski definition) is 5. The number of carbonyl (C=O) groups excluding carboxylic acids is 1. The largest absolute Gasteiger partial charge is 0.490 e. The Morgan fingerprint density at radius 2 is 2.00 bits per heavy atom. The van der Waals surface area contributed by atoms with Crippen molar-refractivity contribution >= 4 is 16.9 Å². The second kappa shape index (κ2) is 5.60. The SMILES string of the molecule is CCOc1cccc2c(=O)c(C(=O)OC(C)(C)C)coc12. The summed E-state index contributed by atoms with van der Waals surface area (Å²) in [4.78, 5) is 24.4. The lowest BCUT2D eigenvalue weighted by atomic mass is 10.1. The van der Waals surface area contributed by atoms with E-state index in [4.69, 9.17) is 13.9 Å². The van der Waals surface area contributed by atoms with Gasteiger partial charge in [0.2, 0.25) is 5.43 Å². The quantitative estimate of drug-likeness (QED) is 0.812. The summed E-state index contributed by atoms with van der Waals surface area (Å²) in [5, 5.41) is 0.296. The van der Waals surface area contributed by atoms with Gasteiger partial charge in [0.15, 0.2) is 11.3 Å². The maximum atomic E-state index is 12.4. The Hall–Kier alpha value is -2.30. The van der Waals surface area contributed by atoms with Crippen LogP contribution in [-0.4, -0.2) is 18.2 Å². The summed E-state index contributed by atoms with van der Waals surface area (Å²) >= 11 is 0. The van der Waals surface area contributed by atoms with Crippen molar-refractivity contribution in [2.75, 3.05) is 6.61 Å². The molecule has 1 aromatic carbocycles. The van der Waals surface area contributed by atoms with Crippen molar-refractivity contribution in [3.8, 4) is 5.75 Å². The van der Waals surface area contributed by atoms with Crippen LogP contribution in [0.25, 0.3) is 11.0 Å². The van der Waals surface area contributed by atoms with Crippen LogP contribution in [0.4, 0.5) is 0 Å². The summed E-state index contributed by atoms with van der Waals surface area (Å²) in [7, 11) is 0. The molecule has 5 heteroatoms. The van der Waals surface area contributed by atoms with Gasteiger partial charge in [-0.25, -0.2) is 4.79 Å². The highest BCUT2D eigenvalue weighted by Gasteiger charge is 2.22. The van der Waals surface area contributed by atoms with E-state index in [1.165, 1.54) is 0 Å². The Kier molecular flexibility index (Phi) is 4.02. The van der Waals surface area contributed by atoms with Crippen LogP contribution in [-0.2, 0) is 4.74 Å². The van der Waals surface area contributed by atoms with E-state index >= 15 is 0 Å². The lowest BCUT2D eigenvalue weighted by molar-refractivity contribution is 0.00661. The van der Waals surface area contributed by atoms with Crippen molar-refractivity contribution < 1.29 is 18.7 Å². The molecule has 0 radical (unpaired) electrons. The molecule has 0 saturated heterocycles. The zero-order chi connectivity index (χ0) is 15.6. The van der Waals surface area contributed by atoms with Crippen LogP contribution >= 0.6 is 0 Å². The Morgan fingerprint density at radius 1 is 1.29 bits per heavy atom. The fourth-order valence-electron chi connectivity index (χ4n) is 1.88. The first-order valence-electron chi connectivity index (χ1n) is 6.74. The topological polar surface area (TPSA) is 65.7 Å². The van der Waals surface area contributed by atoms with Gasteiger partial charge in [-0.2, -0.15) is 0 Å². The summed E-state index contributed by atoms with van der Waals surface area (Å²) in [6, 6.07) is 4.99. The molecule has 5 nitrogen and oxygen atoms in total. The van der Waals surface area contributed by atoms with Crippen LogP contribution in [0.5, 0.6) is 5.75 Å². The van der Waals surface area contributed by atoms with Gasteiger partial charge in [-0.15, -0.1) is 0 Å². The zero-order valence-electron chi connectivity index (χ0n) is 12.6.